The molecule has 0 aromatic heterocycles. The smallest absolute Gasteiger partial charge is 0.416 e. The molecule has 1 N–H and O–H groups in total. The van der Waals surface area contributed by atoms with E-state index in [4.69, 9.17) is 14.2 Å². The second-order valence-electron chi connectivity index (χ2n) is 4.95. The van der Waals surface area contributed by atoms with Crippen molar-refractivity contribution in [2.75, 3.05) is 26.6 Å². The van der Waals surface area contributed by atoms with Crippen molar-refractivity contribution in [3.8, 4) is 17.2 Å². The molecule has 0 amide bonds. The van der Waals surface area contributed by atoms with Gasteiger partial charge in [-0.25, -0.2) is 0 Å². The van der Waals surface area contributed by atoms with Gasteiger partial charge in [-0.05, 0) is 30.3 Å². The van der Waals surface area contributed by atoms with E-state index in [0.717, 1.165) is 17.7 Å². The molecule has 2 aromatic rings. The first-order valence-corrected chi connectivity index (χ1v) is 7.09. The number of halogens is 3. The molecule has 2 rings (SSSR count). The number of hydrogen-bond donors (Lipinski definition) is 1. The molecule has 0 aliphatic carbocycles. The quantitative estimate of drug-likeness (QED) is 0.848. The minimum absolute atomic E-state index is 0.356. The molecule has 0 saturated carbocycles. The fraction of sp³-hybridized carbons (Fsp3) is 0.294. The summed E-state index contributed by atoms with van der Waals surface area (Å²) in [6, 6.07) is 8.30. The lowest BCUT2D eigenvalue weighted by molar-refractivity contribution is -0.137. The number of ether oxygens (including phenoxy) is 3. The summed E-state index contributed by atoms with van der Waals surface area (Å²) in [5.74, 6) is 1.67. The number of anilines is 1. The second-order valence-corrected chi connectivity index (χ2v) is 4.95. The molecule has 0 bridgehead atoms. The summed E-state index contributed by atoms with van der Waals surface area (Å²) in [5, 5.41) is 3.06. The minimum atomic E-state index is -4.34. The van der Waals surface area contributed by atoms with E-state index in [1.54, 1.807) is 12.1 Å². The second kappa shape index (κ2) is 7.33. The van der Waals surface area contributed by atoms with Gasteiger partial charge in [0.1, 0.15) is 5.75 Å². The maximum absolute atomic E-state index is 12.6. The third-order valence-corrected chi connectivity index (χ3v) is 3.48. The van der Waals surface area contributed by atoms with E-state index in [1.165, 1.54) is 33.5 Å². The zero-order valence-electron chi connectivity index (χ0n) is 13.5. The van der Waals surface area contributed by atoms with Crippen LogP contribution in [0, 0.1) is 0 Å². The van der Waals surface area contributed by atoms with Crippen molar-refractivity contribution in [2.24, 2.45) is 0 Å². The van der Waals surface area contributed by atoms with E-state index in [9.17, 15) is 13.2 Å². The average molecular weight is 341 g/mol. The molecule has 0 saturated heterocycles. The predicted octanol–water partition coefficient (Wildman–Crippen LogP) is 4.34. The summed E-state index contributed by atoms with van der Waals surface area (Å²) in [6.07, 6.45) is -4.34. The van der Waals surface area contributed by atoms with Crippen LogP contribution < -0.4 is 19.5 Å². The SMILES string of the molecule is COc1cc(OC)c(OC)cc1CNc1ccc(C(F)(F)F)cc1. The van der Waals surface area contributed by atoms with Gasteiger partial charge in [0.2, 0.25) is 0 Å². The Bertz CT molecular complexity index is 685. The summed E-state index contributed by atoms with van der Waals surface area (Å²) in [7, 11) is 4.58. The van der Waals surface area contributed by atoms with Gasteiger partial charge in [-0.3, -0.25) is 0 Å². The van der Waals surface area contributed by atoms with Crippen LogP contribution in [0.5, 0.6) is 17.2 Å². The van der Waals surface area contributed by atoms with E-state index >= 15 is 0 Å². The lowest BCUT2D eigenvalue weighted by Gasteiger charge is -2.15. The molecule has 0 fully saturated rings. The molecule has 2 aromatic carbocycles. The standard InChI is InChI=1S/C17H18F3NO3/c1-22-14-9-16(24-3)15(23-2)8-11(14)10-21-13-6-4-12(5-7-13)17(18,19)20/h4-9,21H,10H2,1-3H3. The van der Waals surface area contributed by atoms with Crippen molar-refractivity contribution in [3.63, 3.8) is 0 Å². The van der Waals surface area contributed by atoms with E-state index < -0.39 is 11.7 Å². The van der Waals surface area contributed by atoms with Crippen LogP contribution in [0.1, 0.15) is 11.1 Å². The Labute approximate surface area is 138 Å². The van der Waals surface area contributed by atoms with Gasteiger partial charge in [0.05, 0.1) is 26.9 Å². The third kappa shape index (κ3) is 4.04. The highest BCUT2D eigenvalue weighted by molar-refractivity contribution is 5.53. The van der Waals surface area contributed by atoms with Crippen molar-refractivity contribution in [2.45, 2.75) is 12.7 Å². The molecule has 0 aliphatic heterocycles. The van der Waals surface area contributed by atoms with Gasteiger partial charge in [0.15, 0.2) is 11.5 Å². The van der Waals surface area contributed by atoms with Crippen LogP contribution in [0.3, 0.4) is 0 Å². The molecular weight excluding hydrogens is 323 g/mol. The predicted molar refractivity (Wildman–Crippen MR) is 84.9 cm³/mol. The molecular formula is C17H18F3NO3. The summed E-state index contributed by atoms with van der Waals surface area (Å²) in [6.45, 7) is 0.356. The molecule has 0 radical (unpaired) electrons. The number of rotatable bonds is 6. The summed E-state index contributed by atoms with van der Waals surface area (Å²) in [4.78, 5) is 0. The number of alkyl halides is 3. The van der Waals surface area contributed by atoms with Gasteiger partial charge in [-0.15, -0.1) is 0 Å². The van der Waals surface area contributed by atoms with E-state index in [-0.39, 0.29) is 0 Å². The van der Waals surface area contributed by atoms with Crippen LogP contribution in [0.15, 0.2) is 36.4 Å². The van der Waals surface area contributed by atoms with Gasteiger partial charge in [-0.2, -0.15) is 13.2 Å². The number of hydrogen-bond acceptors (Lipinski definition) is 4. The van der Waals surface area contributed by atoms with Crippen LogP contribution in [0.4, 0.5) is 18.9 Å². The van der Waals surface area contributed by atoms with E-state index in [0.29, 0.717) is 29.5 Å². The molecule has 0 heterocycles. The summed E-state index contributed by atoms with van der Waals surface area (Å²) in [5.41, 5.74) is 0.673. The van der Waals surface area contributed by atoms with Gasteiger partial charge < -0.3 is 19.5 Å². The van der Waals surface area contributed by atoms with Crippen molar-refractivity contribution in [3.05, 3.63) is 47.5 Å². The molecule has 0 spiro atoms. The van der Waals surface area contributed by atoms with Gasteiger partial charge in [-0.1, -0.05) is 0 Å². The van der Waals surface area contributed by atoms with Crippen LogP contribution in [-0.2, 0) is 12.7 Å². The van der Waals surface area contributed by atoms with Crippen LogP contribution in [0.2, 0.25) is 0 Å². The molecule has 4 nitrogen and oxygen atoms in total. The lowest BCUT2D eigenvalue weighted by Crippen LogP contribution is -2.06. The normalized spacial score (nSPS) is 11.1. The first-order valence-electron chi connectivity index (χ1n) is 7.09. The Morgan fingerprint density at radius 2 is 1.38 bits per heavy atom. The van der Waals surface area contributed by atoms with Gasteiger partial charge in [0.25, 0.3) is 0 Å². The zero-order valence-corrected chi connectivity index (χ0v) is 13.5. The zero-order chi connectivity index (χ0) is 17.7. The molecule has 0 atom stereocenters. The van der Waals surface area contributed by atoms with Gasteiger partial charge >= 0.3 is 6.18 Å². The molecule has 24 heavy (non-hydrogen) atoms. The average Bonchev–Trinajstić information content (AvgIpc) is 2.58. The topological polar surface area (TPSA) is 39.7 Å². The van der Waals surface area contributed by atoms with Crippen molar-refractivity contribution >= 4 is 5.69 Å². The van der Waals surface area contributed by atoms with Crippen LogP contribution in [0.25, 0.3) is 0 Å². The molecule has 7 heteroatoms. The summed E-state index contributed by atoms with van der Waals surface area (Å²) >= 11 is 0. The number of methoxy groups -OCH3 is 3. The van der Waals surface area contributed by atoms with Crippen molar-refractivity contribution in [1.82, 2.24) is 0 Å². The van der Waals surface area contributed by atoms with Crippen molar-refractivity contribution in [1.29, 1.82) is 0 Å². The van der Waals surface area contributed by atoms with E-state index in [1.807, 2.05) is 0 Å². The Morgan fingerprint density at radius 1 is 0.833 bits per heavy atom. The lowest BCUT2D eigenvalue weighted by atomic mass is 10.1. The Balaban J connectivity index is 2.16. The molecule has 130 valence electrons. The highest BCUT2D eigenvalue weighted by Crippen LogP contribution is 2.35. The fourth-order valence-corrected chi connectivity index (χ4v) is 2.20. The summed E-state index contributed by atoms with van der Waals surface area (Å²) < 4.78 is 53.5. The van der Waals surface area contributed by atoms with Gasteiger partial charge in [0, 0.05) is 23.9 Å². The number of benzene rings is 2. The minimum Gasteiger partial charge on any atom is -0.496 e. The highest BCUT2D eigenvalue weighted by Gasteiger charge is 2.29. The number of nitrogens with one attached hydrogen (secondary N) is 1. The highest BCUT2D eigenvalue weighted by atomic mass is 19.4. The third-order valence-electron chi connectivity index (χ3n) is 3.48. The van der Waals surface area contributed by atoms with Crippen molar-refractivity contribution < 1.29 is 27.4 Å². The first kappa shape index (κ1) is 17.8. The maximum Gasteiger partial charge on any atom is 0.416 e. The Morgan fingerprint density at radius 3 is 1.88 bits per heavy atom. The fourth-order valence-electron chi connectivity index (χ4n) is 2.20. The largest absolute Gasteiger partial charge is 0.496 e. The monoisotopic (exact) mass is 341 g/mol. The Hall–Kier alpha value is -2.57. The molecule has 0 aliphatic rings. The maximum atomic E-state index is 12.6. The van der Waals surface area contributed by atoms with Crippen LogP contribution >= 0.6 is 0 Å². The van der Waals surface area contributed by atoms with E-state index in [2.05, 4.69) is 5.32 Å². The Kier molecular flexibility index (Phi) is 5.43. The van der Waals surface area contributed by atoms with Crippen LogP contribution in [-0.4, -0.2) is 21.3 Å². The first-order chi connectivity index (χ1) is 11.4. The molecule has 0 unspecified atom stereocenters.